The Morgan fingerprint density at radius 1 is 1.14 bits per heavy atom. The molecule has 198 valence electrons. The molecule has 0 aliphatic heterocycles. The number of nitrogens with zero attached hydrogens (tertiary/aromatic N) is 1. The van der Waals surface area contributed by atoms with Gasteiger partial charge in [0.05, 0.1) is 0 Å². The molecule has 0 saturated carbocycles. The number of aromatic hydroxyl groups is 1. The topological polar surface area (TPSA) is 108 Å². The van der Waals surface area contributed by atoms with Gasteiger partial charge in [0, 0.05) is 12.6 Å². The molecule has 0 saturated heterocycles. The van der Waals surface area contributed by atoms with E-state index in [1.54, 1.807) is 49.6 Å². The van der Waals surface area contributed by atoms with Gasteiger partial charge in [-0.15, -0.1) is 0 Å². The number of alkyl carbamates (subject to hydrolysis) is 1. The third-order valence-corrected chi connectivity index (χ3v) is 6.13. The largest absolute Gasteiger partial charge is 0.508 e. The SMILES string of the molecule is CCCCNC(=O)C(c1ccc(O)cc1)N(C(=O)C(CCSC)NC(=O)OC(C)(C)C)C(C)CC. The van der Waals surface area contributed by atoms with Crippen molar-refractivity contribution in [2.45, 2.75) is 91.0 Å². The molecule has 3 atom stereocenters. The van der Waals surface area contributed by atoms with E-state index >= 15 is 0 Å². The number of ether oxygens (including phenoxy) is 1. The van der Waals surface area contributed by atoms with E-state index in [-0.39, 0.29) is 23.6 Å². The summed E-state index contributed by atoms with van der Waals surface area (Å²) in [5.74, 6) is 0.0824. The van der Waals surface area contributed by atoms with Crippen LogP contribution in [0.25, 0.3) is 0 Å². The van der Waals surface area contributed by atoms with E-state index in [2.05, 4.69) is 10.6 Å². The standard InChI is InChI=1S/C26H43N3O5S/c1-8-10-16-27-23(31)22(19-11-13-20(30)14-12-19)29(18(3)9-2)24(32)21(15-17-35-7)28-25(33)34-26(4,5)6/h11-14,18,21-22,30H,8-10,15-17H2,1-7H3,(H,27,31)(H,28,33). The predicted molar refractivity (Wildman–Crippen MR) is 142 cm³/mol. The van der Waals surface area contributed by atoms with Crippen molar-refractivity contribution in [1.82, 2.24) is 15.5 Å². The first kappa shape index (κ1) is 30.6. The number of nitrogens with one attached hydrogen (secondary N) is 2. The minimum Gasteiger partial charge on any atom is -0.508 e. The predicted octanol–water partition coefficient (Wildman–Crippen LogP) is 4.62. The molecule has 1 aromatic rings. The van der Waals surface area contributed by atoms with Gasteiger partial charge in [0.25, 0.3) is 0 Å². The fourth-order valence-electron chi connectivity index (χ4n) is 3.50. The Bertz CT molecular complexity index is 810. The van der Waals surface area contributed by atoms with E-state index in [1.165, 1.54) is 12.1 Å². The zero-order valence-corrected chi connectivity index (χ0v) is 23.0. The monoisotopic (exact) mass is 509 g/mol. The number of unbranched alkanes of at least 4 members (excludes halogenated alkanes) is 1. The summed E-state index contributed by atoms with van der Waals surface area (Å²) in [6.45, 7) is 11.7. The van der Waals surface area contributed by atoms with Crippen LogP contribution in [0.15, 0.2) is 24.3 Å². The molecular formula is C26H43N3O5S. The van der Waals surface area contributed by atoms with Crippen LogP contribution < -0.4 is 10.6 Å². The van der Waals surface area contributed by atoms with Crippen LogP contribution in [-0.4, -0.2) is 64.2 Å². The van der Waals surface area contributed by atoms with Crippen LogP contribution in [-0.2, 0) is 14.3 Å². The van der Waals surface area contributed by atoms with Gasteiger partial charge in [-0.05, 0) is 76.7 Å². The van der Waals surface area contributed by atoms with Crippen LogP contribution >= 0.6 is 11.8 Å². The number of amides is 3. The zero-order valence-electron chi connectivity index (χ0n) is 22.2. The number of rotatable bonds is 13. The second kappa shape index (κ2) is 14.9. The molecule has 8 nitrogen and oxygen atoms in total. The molecule has 0 aromatic heterocycles. The van der Waals surface area contributed by atoms with Gasteiger partial charge in [-0.3, -0.25) is 9.59 Å². The van der Waals surface area contributed by atoms with Gasteiger partial charge < -0.3 is 25.4 Å². The summed E-state index contributed by atoms with van der Waals surface area (Å²) in [6, 6.07) is 4.27. The van der Waals surface area contributed by atoms with Crippen LogP contribution in [0.5, 0.6) is 5.75 Å². The van der Waals surface area contributed by atoms with E-state index < -0.39 is 23.8 Å². The van der Waals surface area contributed by atoms with Gasteiger partial charge >= 0.3 is 6.09 Å². The van der Waals surface area contributed by atoms with Crippen LogP contribution in [0.1, 0.15) is 78.8 Å². The van der Waals surface area contributed by atoms with Gasteiger partial charge in [0.1, 0.15) is 23.4 Å². The fourth-order valence-corrected chi connectivity index (χ4v) is 3.97. The van der Waals surface area contributed by atoms with Crippen molar-refractivity contribution in [3.05, 3.63) is 29.8 Å². The van der Waals surface area contributed by atoms with Crippen molar-refractivity contribution in [3.63, 3.8) is 0 Å². The first-order valence-electron chi connectivity index (χ1n) is 12.3. The lowest BCUT2D eigenvalue weighted by molar-refractivity contribution is -0.145. The minimum absolute atomic E-state index is 0.0738. The highest BCUT2D eigenvalue weighted by atomic mass is 32.2. The van der Waals surface area contributed by atoms with Gasteiger partial charge in [-0.2, -0.15) is 11.8 Å². The molecule has 0 aliphatic carbocycles. The highest BCUT2D eigenvalue weighted by Gasteiger charge is 2.38. The normalized spacial score (nSPS) is 13.9. The van der Waals surface area contributed by atoms with E-state index in [0.717, 1.165) is 12.8 Å². The average Bonchev–Trinajstić information content (AvgIpc) is 2.78. The smallest absolute Gasteiger partial charge is 0.408 e. The van der Waals surface area contributed by atoms with E-state index in [4.69, 9.17) is 4.74 Å². The van der Waals surface area contributed by atoms with Gasteiger partial charge in [0.2, 0.25) is 11.8 Å². The third kappa shape index (κ3) is 10.4. The number of carbonyl (C=O) groups is 3. The molecule has 3 N–H and O–H groups in total. The molecule has 35 heavy (non-hydrogen) atoms. The van der Waals surface area contributed by atoms with Crippen molar-refractivity contribution >= 4 is 29.7 Å². The van der Waals surface area contributed by atoms with Crippen molar-refractivity contribution in [2.75, 3.05) is 18.6 Å². The van der Waals surface area contributed by atoms with Gasteiger partial charge in [0.15, 0.2) is 0 Å². The molecule has 0 bridgehead atoms. The maximum Gasteiger partial charge on any atom is 0.408 e. The first-order valence-corrected chi connectivity index (χ1v) is 13.7. The molecule has 0 heterocycles. The molecule has 1 aromatic carbocycles. The molecule has 3 unspecified atom stereocenters. The first-order chi connectivity index (χ1) is 16.4. The van der Waals surface area contributed by atoms with E-state index in [9.17, 15) is 19.5 Å². The lowest BCUT2D eigenvalue weighted by Gasteiger charge is -2.38. The van der Waals surface area contributed by atoms with Crippen molar-refractivity contribution < 1.29 is 24.2 Å². The Hall–Kier alpha value is -2.42. The number of carbonyl (C=O) groups excluding carboxylic acids is 3. The third-order valence-electron chi connectivity index (χ3n) is 5.48. The molecular weight excluding hydrogens is 466 g/mol. The number of hydrogen-bond donors (Lipinski definition) is 3. The van der Waals surface area contributed by atoms with Crippen LogP contribution in [0.2, 0.25) is 0 Å². The summed E-state index contributed by atoms with van der Waals surface area (Å²) >= 11 is 1.57. The Kier molecular flexibility index (Phi) is 13.0. The van der Waals surface area contributed by atoms with Crippen LogP contribution in [0.3, 0.4) is 0 Å². The molecule has 0 spiro atoms. The molecule has 3 amide bonds. The minimum atomic E-state index is -0.910. The Morgan fingerprint density at radius 2 is 1.77 bits per heavy atom. The zero-order chi connectivity index (χ0) is 26.6. The number of phenols is 1. The van der Waals surface area contributed by atoms with E-state index in [1.807, 2.05) is 27.0 Å². The molecule has 0 radical (unpaired) electrons. The summed E-state index contributed by atoms with van der Waals surface area (Å²) in [7, 11) is 0. The summed E-state index contributed by atoms with van der Waals surface area (Å²) < 4.78 is 5.40. The maximum absolute atomic E-state index is 14.0. The molecule has 9 heteroatoms. The highest BCUT2D eigenvalue weighted by Crippen LogP contribution is 2.28. The molecule has 1 rings (SSSR count). The Balaban J connectivity index is 3.42. The Labute approximate surface area is 214 Å². The summed E-state index contributed by atoms with van der Waals surface area (Å²) in [6.07, 6.45) is 4.02. The number of thioether (sulfide) groups is 1. The second-order valence-electron chi connectivity index (χ2n) is 9.62. The maximum atomic E-state index is 14.0. The van der Waals surface area contributed by atoms with Crippen molar-refractivity contribution in [2.24, 2.45) is 0 Å². The van der Waals surface area contributed by atoms with Gasteiger partial charge in [-0.25, -0.2) is 4.79 Å². The summed E-state index contributed by atoms with van der Waals surface area (Å²) in [5.41, 5.74) is -0.118. The van der Waals surface area contributed by atoms with Crippen LogP contribution in [0.4, 0.5) is 4.79 Å². The molecule has 0 aliphatic rings. The number of phenolic OH excluding ortho intramolecular Hbond substituents is 1. The second-order valence-corrected chi connectivity index (χ2v) is 10.6. The van der Waals surface area contributed by atoms with Gasteiger partial charge in [-0.1, -0.05) is 32.4 Å². The molecule has 0 fully saturated rings. The summed E-state index contributed by atoms with van der Waals surface area (Å²) in [5, 5.41) is 15.5. The average molecular weight is 510 g/mol. The van der Waals surface area contributed by atoms with Crippen molar-refractivity contribution in [1.29, 1.82) is 0 Å². The Morgan fingerprint density at radius 3 is 2.29 bits per heavy atom. The lowest BCUT2D eigenvalue weighted by Crippen LogP contribution is -2.55. The number of benzene rings is 1. The van der Waals surface area contributed by atoms with E-state index in [0.29, 0.717) is 30.7 Å². The lowest BCUT2D eigenvalue weighted by atomic mass is 9.99. The number of hydrogen-bond acceptors (Lipinski definition) is 6. The van der Waals surface area contributed by atoms with Crippen LogP contribution in [0, 0.1) is 0 Å². The summed E-state index contributed by atoms with van der Waals surface area (Å²) in [4.78, 5) is 41.5. The van der Waals surface area contributed by atoms with Crippen molar-refractivity contribution in [3.8, 4) is 5.75 Å². The highest BCUT2D eigenvalue weighted by molar-refractivity contribution is 7.98. The quantitative estimate of drug-likeness (QED) is 0.335. The fraction of sp³-hybridized carbons (Fsp3) is 0.654.